The lowest BCUT2D eigenvalue weighted by molar-refractivity contribution is 0.0981. The molecule has 0 spiro atoms. The second-order valence-electron chi connectivity index (χ2n) is 7.36. The van der Waals surface area contributed by atoms with Crippen molar-refractivity contribution in [3.8, 4) is 0 Å². The summed E-state index contributed by atoms with van der Waals surface area (Å²) in [6, 6.07) is 21.2. The van der Waals surface area contributed by atoms with Crippen LogP contribution in [-0.2, 0) is 16.4 Å². The zero-order valence-corrected chi connectivity index (χ0v) is 17.1. The highest BCUT2D eigenvalue weighted by molar-refractivity contribution is 7.92. The van der Waals surface area contributed by atoms with Gasteiger partial charge in [0.25, 0.3) is 15.9 Å². The van der Waals surface area contributed by atoms with Crippen LogP contribution in [0, 0.1) is 6.92 Å². The van der Waals surface area contributed by atoms with Crippen LogP contribution in [0.4, 0.5) is 11.4 Å². The Hall–Kier alpha value is -3.12. The quantitative estimate of drug-likeness (QED) is 0.699. The Morgan fingerprint density at radius 2 is 1.69 bits per heavy atom. The second kappa shape index (κ2) is 7.37. The average Bonchev–Trinajstić information content (AvgIpc) is 3.04. The van der Waals surface area contributed by atoms with Crippen LogP contribution < -0.4 is 9.62 Å². The number of nitrogens with zero attached hydrogens (tertiary/aromatic N) is 1. The molecule has 0 saturated carbocycles. The molecule has 4 rings (SSSR count). The number of amides is 1. The lowest BCUT2D eigenvalue weighted by Gasteiger charge is -2.23. The van der Waals surface area contributed by atoms with Gasteiger partial charge in [0.15, 0.2) is 0 Å². The molecular formula is C23H22N2O3S. The lowest BCUT2D eigenvalue weighted by atomic mass is 10.1. The van der Waals surface area contributed by atoms with Gasteiger partial charge in [0, 0.05) is 23.0 Å². The van der Waals surface area contributed by atoms with Gasteiger partial charge < -0.3 is 4.90 Å². The van der Waals surface area contributed by atoms with Crippen molar-refractivity contribution in [1.82, 2.24) is 0 Å². The van der Waals surface area contributed by atoms with Gasteiger partial charge in [-0.2, -0.15) is 0 Å². The van der Waals surface area contributed by atoms with Crippen LogP contribution in [0.25, 0.3) is 0 Å². The van der Waals surface area contributed by atoms with Gasteiger partial charge in [-0.15, -0.1) is 0 Å². The van der Waals surface area contributed by atoms with Gasteiger partial charge in [-0.05, 0) is 68.3 Å². The highest BCUT2D eigenvalue weighted by Gasteiger charge is 2.32. The first kappa shape index (κ1) is 19.2. The first-order valence-corrected chi connectivity index (χ1v) is 10.9. The molecule has 148 valence electrons. The molecule has 3 aromatic rings. The molecule has 1 aliphatic rings. The zero-order chi connectivity index (χ0) is 20.6. The Labute approximate surface area is 171 Å². The third kappa shape index (κ3) is 3.76. The highest BCUT2D eigenvalue weighted by Crippen LogP contribution is 2.35. The smallest absolute Gasteiger partial charge is 0.261 e. The third-order valence-electron chi connectivity index (χ3n) is 5.12. The van der Waals surface area contributed by atoms with E-state index in [1.165, 1.54) is 0 Å². The fourth-order valence-corrected chi connectivity index (χ4v) is 4.75. The molecule has 1 atom stereocenters. The Morgan fingerprint density at radius 3 is 2.38 bits per heavy atom. The second-order valence-corrected chi connectivity index (χ2v) is 9.04. The molecule has 1 N–H and O–H groups in total. The Balaban J connectivity index is 1.63. The lowest BCUT2D eigenvalue weighted by Crippen LogP contribution is -2.35. The van der Waals surface area contributed by atoms with Crippen molar-refractivity contribution < 1.29 is 13.2 Å². The van der Waals surface area contributed by atoms with Gasteiger partial charge >= 0.3 is 0 Å². The van der Waals surface area contributed by atoms with Crippen molar-refractivity contribution >= 4 is 27.3 Å². The Morgan fingerprint density at radius 1 is 1.00 bits per heavy atom. The molecular weight excluding hydrogens is 384 g/mol. The molecule has 0 aromatic heterocycles. The first-order chi connectivity index (χ1) is 13.8. The van der Waals surface area contributed by atoms with Gasteiger partial charge in [0.05, 0.1) is 4.90 Å². The first-order valence-electron chi connectivity index (χ1n) is 9.46. The molecule has 0 saturated heterocycles. The molecule has 1 heterocycles. The number of rotatable bonds is 4. The van der Waals surface area contributed by atoms with Crippen LogP contribution in [0.15, 0.2) is 77.7 Å². The molecule has 0 radical (unpaired) electrons. The summed E-state index contributed by atoms with van der Waals surface area (Å²) < 4.78 is 28.2. The minimum atomic E-state index is -3.71. The number of hydrogen-bond donors (Lipinski definition) is 1. The summed E-state index contributed by atoms with van der Waals surface area (Å²) in [6.45, 7) is 3.92. The summed E-state index contributed by atoms with van der Waals surface area (Å²) in [5.74, 6) is -0.0785. The van der Waals surface area contributed by atoms with E-state index in [1.54, 1.807) is 47.4 Å². The topological polar surface area (TPSA) is 66.5 Å². The standard InChI is InChI=1S/C23H22N2O3S/c1-16-8-10-20(11-9-16)24-29(27,28)21-12-13-22-19(15-21)14-17(2)25(22)23(26)18-6-4-3-5-7-18/h3-13,15,17,24H,14H2,1-2H3/t17-/m1/s1. The molecule has 0 fully saturated rings. The normalized spacial score (nSPS) is 15.8. The van der Waals surface area contributed by atoms with E-state index in [0.29, 0.717) is 17.7 Å². The fourth-order valence-electron chi connectivity index (χ4n) is 3.64. The number of nitrogens with one attached hydrogen (secondary N) is 1. The third-order valence-corrected chi connectivity index (χ3v) is 6.50. The molecule has 6 heteroatoms. The van der Waals surface area contributed by atoms with Crippen molar-refractivity contribution in [1.29, 1.82) is 0 Å². The largest absolute Gasteiger partial charge is 0.305 e. The van der Waals surface area contributed by atoms with Crippen LogP contribution in [0.5, 0.6) is 0 Å². The van der Waals surface area contributed by atoms with Crippen LogP contribution >= 0.6 is 0 Å². The molecule has 0 aliphatic carbocycles. The summed E-state index contributed by atoms with van der Waals surface area (Å²) >= 11 is 0. The fraction of sp³-hybridized carbons (Fsp3) is 0.174. The van der Waals surface area contributed by atoms with E-state index in [4.69, 9.17) is 0 Å². The number of sulfonamides is 1. The molecule has 5 nitrogen and oxygen atoms in total. The predicted octanol–water partition coefficient (Wildman–Crippen LogP) is 4.39. The van der Waals surface area contributed by atoms with Crippen LogP contribution in [0.3, 0.4) is 0 Å². The number of fused-ring (bicyclic) bond motifs is 1. The molecule has 3 aromatic carbocycles. The Kier molecular flexibility index (Phi) is 4.88. The van der Waals surface area contributed by atoms with Crippen LogP contribution in [0.2, 0.25) is 0 Å². The van der Waals surface area contributed by atoms with Crippen molar-refractivity contribution in [2.24, 2.45) is 0 Å². The number of carbonyl (C=O) groups excluding carboxylic acids is 1. The van der Waals surface area contributed by atoms with E-state index in [2.05, 4.69) is 4.72 Å². The van der Waals surface area contributed by atoms with E-state index >= 15 is 0 Å². The summed E-state index contributed by atoms with van der Waals surface area (Å²) in [5.41, 5.74) is 3.81. The molecule has 1 amide bonds. The maximum atomic E-state index is 13.0. The van der Waals surface area contributed by atoms with Crippen molar-refractivity contribution in [3.63, 3.8) is 0 Å². The number of carbonyl (C=O) groups is 1. The van der Waals surface area contributed by atoms with E-state index in [0.717, 1.165) is 16.8 Å². The van der Waals surface area contributed by atoms with Gasteiger partial charge in [0.2, 0.25) is 0 Å². The van der Waals surface area contributed by atoms with Gasteiger partial charge in [-0.25, -0.2) is 8.42 Å². The molecule has 0 unspecified atom stereocenters. The minimum absolute atomic E-state index is 0.0410. The number of benzene rings is 3. The van der Waals surface area contributed by atoms with E-state index < -0.39 is 10.0 Å². The van der Waals surface area contributed by atoms with E-state index in [9.17, 15) is 13.2 Å². The van der Waals surface area contributed by atoms with Gasteiger partial charge in [0.1, 0.15) is 0 Å². The van der Waals surface area contributed by atoms with Gasteiger partial charge in [-0.3, -0.25) is 9.52 Å². The highest BCUT2D eigenvalue weighted by atomic mass is 32.2. The van der Waals surface area contributed by atoms with Crippen LogP contribution in [0.1, 0.15) is 28.4 Å². The Bertz CT molecular complexity index is 1160. The summed E-state index contributed by atoms with van der Waals surface area (Å²) in [7, 11) is -3.71. The van der Waals surface area contributed by atoms with Crippen LogP contribution in [-0.4, -0.2) is 20.4 Å². The minimum Gasteiger partial charge on any atom is -0.305 e. The maximum Gasteiger partial charge on any atom is 0.261 e. The number of anilines is 2. The summed E-state index contributed by atoms with van der Waals surface area (Å²) in [4.78, 5) is 14.9. The van der Waals surface area contributed by atoms with Crippen molar-refractivity contribution in [3.05, 3.63) is 89.5 Å². The zero-order valence-electron chi connectivity index (χ0n) is 16.3. The average molecular weight is 407 g/mol. The predicted molar refractivity (Wildman–Crippen MR) is 115 cm³/mol. The van der Waals surface area contributed by atoms with E-state index in [-0.39, 0.29) is 16.8 Å². The number of aryl methyl sites for hydroxylation is 1. The van der Waals surface area contributed by atoms with E-state index in [1.807, 2.05) is 44.2 Å². The number of hydrogen-bond acceptors (Lipinski definition) is 3. The summed E-state index contributed by atoms with van der Waals surface area (Å²) in [5, 5.41) is 0. The SMILES string of the molecule is Cc1ccc(NS(=O)(=O)c2ccc3c(c2)C[C@@H](C)N3C(=O)c2ccccc2)cc1. The maximum absolute atomic E-state index is 13.0. The molecule has 1 aliphatic heterocycles. The van der Waals surface area contributed by atoms with Crippen molar-refractivity contribution in [2.75, 3.05) is 9.62 Å². The monoisotopic (exact) mass is 406 g/mol. The summed E-state index contributed by atoms with van der Waals surface area (Å²) in [6.07, 6.45) is 0.613. The van der Waals surface area contributed by atoms with Gasteiger partial charge in [-0.1, -0.05) is 35.9 Å². The molecule has 29 heavy (non-hydrogen) atoms. The van der Waals surface area contributed by atoms with Crippen molar-refractivity contribution in [2.45, 2.75) is 31.2 Å². The molecule has 0 bridgehead atoms.